The van der Waals surface area contributed by atoms with E-state index in [4.69, 9.17) is 4.74 Å². The Morgan fingerprint density at radius 2 is 1.93 bits per heavy atom. The van der Waals surface area contributed by atoms with Crippen molar-refractivity contribution in [2.24, 2.45) is 0 Å². The summed E-state index contributed by atoms with van der Waals surface area (Å²) in [6.07, 6.45) is 0. The van der Waals surface area contributed by atoms with Gasteiger partial charge in [0.1, 0.15) is 24.9 Å². The van der Waals surface area contributed by atoms with Gasteiger partial charge in [0.05, 0.1) is 25.3 Å². The zero-order chi connectivity index (χ0) is 18.6. The maximum absolute atomic E-state index is 13.3. The highest BCUT2D eigenvalue weighted by Gasteiger charge is 2.27. The average molecular weight is 369 g/mol. The van der Waals surface area contributed by atoms with Crippen LogP contribution in [0.3, 0.4) is 0 Å². The minimum absolute atomic E-state index is 0.0312. The molecular formula is C20H22FN4O2+. The van der Waals surface area contributed by atoms with Crippen molar-refractivity contribution in [2.75, 3.05) is 32.8 Å². The normalized spacial score (nSPS) is 16.3. The quantitative estimate of drug-likeness (QED) is 0.631. The molecule has 1 saturated heterocycles. The first kappa shape index (κ1) is 17.6. The van der Waals surface area contributed by atoms with E-state index in [0.717, 1.165) is 29.6 Å². The van der Waals surface area contributed by atoms with E-state index < -0.39 is 0 Å². The molecule has 0 radical (unpaired) electrons. The van der Waals surface area contributed by atoms with Crippen LogP contribution in [0.4, 0.5) is 4.39 Å². The van der Waals surface area contributed by atoms with Gasteiger partial charge in [-0.15, -0.1) is 0 Å². The first-order valence-electron chi connectivity index (χ1n) is 9.11. The van der Waals surface area contributed by atoms with Crippen molar-refractivity contribution in [2.45, 2.75) is 6.04 Å². The van der Waals surface area contributed by atoms with E-state index in [-0.39, 0.29) is 17.8 Å². The van der Waals surface area contributed by atoms with E-state index in [1.165, 1.54) is 17.0 Å². The third kappa shape index (κ3) is 3.84. The number of hydrogen-bond donors (Lipinski definition) is 3. The van der Waals surface area contributed by atoms with E-state index in [2.05, 4.69) is 15.5 Å². The molecule has 3 aromatic rings. The molecule has 1 aromatic heterocycles. The van der Waals surface area contributed by atoms with Crippen LogP contribution in [0.15, 0.2) is 48.5 Å². The number of fused-ring (bicyclic) bond motifs is 1. The fourth-order valence-electron chi connectivity index (χ4n) is 3.59. The maximum atomic E-state index is 13.3. The van der Waals surface area contributed by atoms with Crippen molar-refractivity contribution in [1.82, 2.24) is 15.5 Å². The lowest BCUT2D eigenvalue weighted by Gasteiger charge is -2.31. The zero-order valence-corrected chi connectivity index (χ0v) is 14.9. The summed E-state index contributed by atoms with van der Waals surface area (Å²) in [4.78, 5) is 14.0. The Morgan fingerprint density at radius 1 is 1.19 bits per heavy atom. The minimum Gasteiger partial charge on any atom is -0.370 e. The lowest BCUT2D eigenvalue weighted by atomic mass is 10.0. The Bertz CT molecular complexity index is 919. The second-order valence-electron chi connectivity index (χ2n) is 6.70. The summed E-state index contributed by atoms with van der Waals surface area (Å²) in [6.45, 7) is 3.52. The van der Waals surface area contributed by atoms with Crippen molar-refractivity contribution in [3.8, 4) is 0 Å². The van der Waals surface area contributed by atoms with E-state index in [1.807, 2.05) is 24.3 Å². The van der Waals surface area contributed by atoms with Crippen LogP contribution in [0.25, 0.3) is 10.9 Å². The first-order valence-corrected chi connectivity index (χ1v) is 9.11. The van der Waals surface area contributed by atoms with Crippen LogP contribution in [-0.4, -0.2) is 49.0 Å². The lowest BCUT2D eigenvalue weighted by Crippen LogP contribution is -3.15. The Morgan fingerprint density at radius 3 is 2.70 bits per heavy atom. The fourth-order valence-corrected chi connectivity index (χ4v) is 3.59. The summed E-state index contributed by atoms with van der Waals surface area (Å²) in [6, 6.07) is 14.1. The number of carbonyl (C=O) groups is 1. The number of aromatic nitrogens is 2. The number of halogens is 1. The van der Waals surface area contributed by atoms with Gasteiger partial charge in [-0.05, 0) is 18.2 Å². The van der Waals surface area contributed by atoms with E-state index >= 15 is 0 Å². The van der Waals surface area contributed by atoms with Crippen LogP contribution < -0.4 is 10.2 Å². The Labute approximate surface area is 156 Å². The number of ether oxygens (including phenoxy) is 1. The molecule has 0 bridgehead atoms. The molecule has 0 saturated carbocycles. The number of para-hydroxylation sites is 1. The average Bonchev–Trinajstić information content (AvgIpc) is 3.14. The molecule has 6 nitrogen and oxygen atoms in total. The summed E-state index contributed by atoms with van der Waals surface area (Å²) in [5.74, 6) is -0.478. The summed E-state index contributed by atoms with van der Waals surface area (Å²) in [7, 11) is 0. The van der Waals surface area contributed by atoms with Crippen molar-refractivity contribution >= 4 is 16.8 Å². The largest absolute Gasteiger partial charge is 0.370 e. The molecule has 1 aliphatic rings. The van der Waals surface area contributed by atoms with Gasteiger partial charge in [-0.3, -0.25) is 9.89 Å². The van der Waals surface area contributed by atoms with Gasteiger partial charge in [-0.1, -0.05) is 30.3 Å². The van der Waals surface area contributed by atoms with Gasteiger partial charge >= 0.3 is 0 Å². The van der Waals surface area contributed by atoms with Crippen LogP contribution in [0.1, 0.15) is 22.1 Å². The SMILES string of the molecule is O=C(NC[C@H](c1ccc(F)cc1)[NH+]1CCOCC1)c1n[nH]c2ccccc12. The number of rotatable bonds is 5. The molecule has 1 aliphatic heterocycles. The molecule has 1 atom stereocenters. The molecule has 0 spiro atoms. The molecular weight excluding hydrogens is 347 g/mol. The van der Waals surface area contributed by atoms with Gasteiger partial charge < -0.3 is 15.0 Å². The number of benzene rings is 2. The number of quaternary nitrogens is 1. The van der Waals surface area contributed by atoms with Crippen LogP contribution in [0, 0.1) is 5.82 Å². The van der Waals surface area contributed by atoms with Crippen molar-refractivity contribution in [1.29, 1.82) is 0 Å². The van der Waals surface area contributed by atoms with E-state index in [9.17, 15) is 9.18 Å². The first-order chi connectivity index (χ1) is 13.2. The summed E-state index contributed by atoms with van der Waals surface area (Å²) < 4.78 is 18.8. The van der Waals surface area contributed by atoms with Gasteiger partial charge in [-0.25, -0.2) is 4.39 Å². The Hall–Kier alpha value is -2.77. The van der Waals surface area contributed by atoms with Gasteiger partial charge in [0, 0.05) is 10.9 Å². The molecule has 1 fully saturated rings. The monoisotopic (exact) mass is 369 g/mol. The summed E-state index contributed by atoms with van der Waals surface area (Å²) >= 11 is 0. The maximum Gasteiger partial charge on any atom is 0.272 e. The topological polar surface area (TPSA) is 71.4 Å². The minimum atomic E-state index is -0.262. The molecule has 4 rings (SSSR count). The Kier molecular flexibility index (Phi) is 5.13. The number of hydrogen-bond acceptors (Lipinski definition) is 3. The number of aromatic amines is 1. The highest BCUT2D eigenvalue weighted by atomic mass is 19.1. The Balaban J connectivity index is 1.52. The van der Waals surface area contributed by atoms with Gasteiger partial charge in [0.15, 0.2) is 5.69 Å². The molecule has 1 amide bonds. The second kappa shape index (κ2) is 7.85. The van der Waals surface area contributed by atoms with Crippen LogP contribution >= 0.6 is 0 Å². The third-order valence-electron chi connectivity index (χ3n) is 5.05. The number of H-pyrrole nitrogens is 1. The zero-order valence-electron chi connectivity index (χ0n) is 14.9. The molecule has 27 heavy (non-hydrogen) atoms. The standard InChI is InChI=1S/C20H21FN4O2/c21-15-7-5-14(6-8-15)18(25-9-11-27-12-10-25)13-22-20(26)19-16-3-1-2-4-17(16)23-24-19/h1-8,18H,9-13H2,(H,22,26)(H,23,24)/p+1/t18-/m1/s1. The molecule has 7 heteroatoms. The molecule has 0 aliphatic carbocycles. The summed E-state index contributed by atoms with van der Waals surface area (Å²) in [5.41, 5.74) is 2.22. The van der Waals surface area contributed by atoms with Gasteiger partial charge in [-0.2, -0.15) is 5.10 Å². The van der Waals surface area contributed by atoms with Crippen LogP contribution in [-0.2, 0) is 4.74 Å². The highest BCUT2D eigenvalue weighted by molar-refractivity contribution is 6.04. The second-order valence-corrected chi connectivity index (χ2v) is 6.70. The summed E-state index contributed by atoms with van der Waals surface area (Å²) in [5, 5.41) is 10.8. The van der Waals surface area contributed by atoms with Gasteiger partial charge in [0.2, 0.25) is 0 Å². The van der Waals surface area contributed by atoms with E-state index in [1.54, 1.807) is 12.1 Å². The number of morpholine rings is 1. The number of carbonyl (C=O) groups excluding carboxylic acids is 1. The molecule has 3 N–H and O–H groups in total. The molecule has 2 aromatic carbocycles. The smallest absolute Gasteiger partial charge is 0.272 e. The number of nitrogens with zero attached hydrogens (tertiary/aromatic N) is 1. The molecule has 2 heterocycles. The highest BCUT2D eigenvalue weighted by Crippen LogP contribution is 2.15. The van der Waals surface area contributed by atoms with Crippen LogP contribution in [0.2, 0.25) is 0 Å². The van der Waals surface area contributed by atoms with E-state index in [0.29, 0.717) is 25.5 Å². The van der Waals surface area contributed by atoms with Crippen molar-refractivity contribution in [3.63, 3.8) is 0 Å². The van der Waals surface area contributed by atoms with Crippen LogP contribution in [0.5, 0.6) is 0 Å². The third-order valence-corrected chi connectivity index (χ3v) is 5.05. The predicted molar refractivity (Wildman–Crippen MR) is 99.1 cm³/mol. The lowest BCUT2D eigenvalue weighted by molar-refractivity contribution is -0.937. The number of nitrogens with one attached hydrogen (secondary N) is 3. The molecule has 140 valence electrons. The van der Waals surface area contributed by atoms with Crippen molar-refractivity contribution in [3.05, 3.63) is 65.6 Å². The molecule has 0 unspecified atom stereocenters. The number of amides is 1. The van der Waals surface area contributed by atoms with Crippen molar-refractivity contribution < 1.29 is 18.8 Å². The predicted octanol–water partition coefficient (Wildman–Crippen LogP) is 1.09. The fraction of sp³-hybridized carbons (Fsp3) is 0.300. The van der Waals surface area contributed by atoms with Gasteiger partial charge in [0.25, 0.3) is 5.91 Å².